The van der Waals surface area contributed by atoms with Gasteiger partial charge >= 0.3 is 6.18 Å². The zero-order valence-corrected chi connectivity index (χ0v) is 12.6. The Bertz CT molecular complexity index is 892. The molecule has 0 unspecified atom stereocenters. The van der Waals surface area contributed by atoms with Gasteiger partial charge in [0.2, 0.25) is 0 Å². The van der Waals surface area contributed by atoms with Crippen molar-refractivity contribution in [3.63, 3.8) is 0 Å². The molecule has 0 amide bonds. The molecule has 3 aromatic rings. The number of H-pyrrole nitrogens is 1. The van der Waals surface area contributed by atoms with Gasteiger partial charge in [-0.2, -0.15) is 13.2 Å². The van der Waals surface area contributed by atoms with Crippen LogP contribution in [0.5, 0.6) is 0 Å². The Kier molecular flexibility index (Phi) is 3.51. The molecule has 23 heavy (non-hydrogen) atoms. The van der Waals surface area contributed by atoms with Crippen molar-refractivity contribution in [1.29, 1.82) is 0 Å². The summed E-state index contributed by atoms with van der Waals surface area (Å²) in [5.74, 6) is -0.390. The number of carbonyl (C=O) groups is 1. The zero-order chi connectivity index (χ0) is 16.8. The highest BCUT2D eigenvalue weighted by atomic mass is 19.4. The van der Waals surface area contributed by atoms with Crippen molar-refractivity contribution in [3.05, 3.63) is 59.2 Å². The first-order valence-electron chi connectivity index (χ1n) is 7.09. The van der Waals surface area contributed by atoms with E-state index in [1.807, 2.05) is 0 Å². The summed E-state index contributed by atoms with van der Waals surface area (Å²) in [6.07, 6.45) is -4.57. The van der Waals surface area contributed by atoms with E-state index in [1.54, 1.807) is 43.3 Å². The number of rotatable bonds is 2. The van der Waals surface area contributed by atoms with E-state index in [1.165, 1.54) is 13.0 Å². The van der Waals surface area contributed by atoms with Crippen LogP contribution in [-0.2, 0) is 6.18 Å². The summed E-state index contributed by atoms with van der Waals surface area (Å²) in [5, 5.41) is -0.0520. The van der Waals surface area contributed by atoms with Crippen LogP contribution in [0.2, 0.25) is 0 Å². The Hall–Kier alpha value is -2.56. The SMILES string of the molecule is CC(=O)c1ccc(C)c2[nH]c(-c3ccccc3)c(C(F)(F)F)c12. The van der Waals surface area contributed by atoms with Gasteiger partial charge in [-0.25, -0.2) is 0 Å². The maximum absolute atomic E-state index is 13.7. The minimum atomic E-state index is -4.57. The number of halogens is 3. The van der Waals surface area contributed by atoms with Crippen LogP contribution < -0.4 is 0 Å². The lowest BCUT2D eigenvalue weighted by Crippen LogP contribution is -2.08. The maximum Gasteiger partial charge on any atom is 0.419 e. The highest BCUT2D eigenvalue weighted by Crippen LogP contribution is 2.43. The number of aryl methyl sites for hydroxylation is 1. The number of fused-ring (bicyclic) bond motifs is 1. The highest BCUT2D eigenvalue weighted by Gasteiger charge is 2.39. The highest BCUT2D eigenvalue weighted by molar-refractivity contribution is 6.10. The number of nitrogens with one attached hydrogen (secondary N) is 1. The number of Topliss-reactive ketones (excluding diaryl/α,β-unsaturated/α-hetero) is 1. The van der Waals surface area contributed by atoms with Crippen LogP contribution in [0.1, 0.15) is 28.4 Å². The first kappa shape index (κ1) is 15.3. The van der Waals surface area contributed by atoms with Gasteiger partial charge in [-0.1, -0.05) is 42.5 Å². The van der Waals surface area contributed by atoms with Crippen molar-refractivity contribution in [2.45, 2.75) is 20.0 Å². The van der Waals surface area contributed by atoms with Crippen LogP contribution in [0, 0.1) is 6.92 Å². The van der Waals surface area contributed by atoms with Gasteiger partial charge in [0.25, 0.3) is 0 Å². The summed E-state index contributed by atoms with van der Waals surface area (Å²) in [6, 6.07) is 11.4. The molecule has 0 atom stereocenters. The second-order valence-corrected chi connectivity index (χ2v) is 5.47. The molecule has 0 aliphatic heterocycles. The number of hydrogen-bond donors (Lipinski definition) is 1. The quantitative estimate of drug-likeness (QED) is 0.634. The fraction of sp³-hybridized carbons (Fsp3) is 0.167. The van der Waals surface area contributed by atoms with E-state index in [-0.39, 0.29) is 22.4 Å². The van der Waals surface area contributed by atoms with Gasteiger partial charge in [0.05, 0.1) is 16.8 Å². The number of hydrogen-bond acceptors (Lipinski definition) is 1. The second-order valence-electron chi connectivity index (χ2n) is 5.47. The van der Waals surface area contributed by atoms with Crippen LogP contribution in [0.3, 0.4) is 0 Å². The van der Waals surface area contributed by atoms with Crippen LogP contribution >= 0.6 is 0 Å². The minimum absolute atomic E-state index is 0.00935. The molecule has 0 saturated heterocycles. The molecule has 0 fully saturated rings. The molecule has 118 valence electrons. The minimum Gasteiger partial charge on any atom is -0.354 e. The Balaban J connectivity index is 2.50. The fourth-order valence-corrected chi connectivity index (χ4v) is 2.84. The molecule has 5 heteroatoms. The van der Waals surface area contributed by atoms with Gasteiger partial charge in [0, 0.05) is 10.9 Å². The third-order valence-corrected chi connectivity index (χ3v) is 3.89. The lowest BCUT2D eigenvalue weighted by Gasteiger charge is -2.10. The van der Waals surface area contributed by atoms with E-state index in [0.717, 1.165) is 0 Å². The molecule has 0 aliphatic rings. The molecule has 1 aromatic heterocycles. The Labute approximate surface area is 130 Å². The van der Waals surface area contributed by atoms with E-state index in [0.29, 0.717) is 16.6 Å². The largest absolute Gasteiger partial charge is 0.419 e. The molecular weight excluding hydrogens is 303 g/mol. The van der Waals surface area contributed by atoms with Crippen LogP contribution in [0.15, 0.2) is 42.5 Å². The molecule has 0 aliphatic carbocycles. The first-order valence-corrected chi connectivity index (χ1v) is 7.09. The van der Waals surface area contributed by atoms with Crippen LogP contribution in [0.25, 0.3) is 22.2 Å². The standard InChI is InChI=1S/C18H14F3NO/c1-10-8-9-13(11(2)23)14-15(18(19,20)21)17(22-16(10)14)12-6-4-3-5-7-12/h3-9,22H,1-2H3. The lowest BCUT2D eigenvalue weighted by molar-refractivity contribution is -0.135. The molecule has 1 heterocycles. The molecule has 0 bridgehead atoms. The van der Waals surface area contributed by atoms with E-state index in [2.05, 4.69) is 4.98 Å². The molecule has 2 nitrogen and oxygen atoms in total. The molecule has 2 aromatic carbocycles. The second kappa shape index (κ2) is 5.26. The predicted octanol–water partition coefficient (Wildman–Crippen LogP) is 5.36. The third kappa shape index (κ3) is 2.52. The van der Waals surface area contributed by atoms with Gasteiger partial charge in [0.15, 0.2) is 5.78 Å². The summed E-state index contributed by atoms with van der Waals surface area (Å²) in [5.41, 5.74) is 0.736. The van der Waals surface area contributed by atoms with Crippen LogP contribution in [0.4, 0.5) is 13.2 Å². The van der Waals surface area contributed by atoms with Crippen molar-refractivity contribution in [3.8, 4) is 11.3 Å². The summed E-state index contributed by atoms with van der Waals surface area (Å²) in [6.45, 7) is 3.00. The van der Waals surface area contributed by atoms with Gasteiger partial charge in [-0.15, -0.1) is 0 Å². The number of aromatic amines is 1. The molecule has 1 N–H and O–H groups in total. The molecule has 0 radical (unpaired) electrons. The van der Waals surface area contributed by atoms with E-state index in [4.69, 9.17) is 0 Å². The van der Waals surface area contributed by atoms with Crippen LogP contribution in [-0.4, -0.2) is 10.8 Å². The fourth-order valence-electron chi connectivity index (χ4n) is 2.84. The number of alkyl halides is 3. The van der Waals surface area contributed by atoms with E-state index >= 15 is 0 Å². The number of aromatic nitrogens is 1. The molecular formula is C18H14F3NO. The summed E-state index contributed by atoms with van der Waals surface area (Å²) < 4.78 is 41.2. The van der Waals surface area contributed by atoms with Gasteiger partial charge in [-0.05, 0) is 25.0 Å². The van der Waals surface area contributed by atoms with Crippen molar-refractivity contribution < 1.29 is 18.0 Å². The van der Waals surface area contributed by atoms with E-state index in [9.17, 15) is 18.0 Å². The molecule has 3 rings (SSSR count). The monoisotopic (exact) mass is 317 g/mol. The Morgan fingerprint density at radius 1 is 1.04 bits per heavy atom. The smallest absolute Gasteiger partial charge is 0.354 e. The maximum atomic E-state index is 13.7. The van der Waals surface area contributed by atoms with Gasteiger partial charge in [-0.3, -0.25) is 4.79 Å². The van der Waals surface area contributed by atoms with Crippen molar-refractivity contribution in [2.24, 2.45) is 0 Å². The summed E-state index contributed by atoms with van der Waals surface area (Å²) in [4.78, 5) is 14.7. The summed E-state index contributed by atoms with van der Waals surface area (Å²) in [7, 11) is 0. The number of carbonyl (C=O) groups excluding carboxylic acids is 1. The topological polar surface area (TPSA) is 32.9 Å². The number of benzene rings is 2. The predicted molar refractivity (Wildman–Crippen MR) is 83.5 cm³/mol. The normalized spacial score (nSPS) is 11.9. The van der Waals surface area contributed by atoms with E-state index < -0.39 is 11.7 Å². The molecule has 0 saturated carbocycles. The average molecular weight is 317 g/mol. The van der Waals surface area contributed by atoms with Gasteiger partial charge in [0.1, 0.15) is 0 Å². The third-order valence-electron chi connectivity index (χ3n) is 3.89. The zero-order valence-electron chi connectivity index (χ0n) is 12.6. The van der Waals surface area contributed by atoms with Crippen molar-refractivity contribution in [2.75, 3.05) is 0 Å². The van der Waals surface area contributed by atoms with Crippen molar-refractivity contribution in [1.82, 2.24) is 4.98 Å². The van der Waals surface area contributed by atoms with Gasteiger partial charge < -0.3 is 4.98 Å². The number of ketones is 1. The Morgan fingerprint density at radius 2 is 1.70 bits per heavy atom. The van der Waals surface area contributed by atoms with Crippen molar-refractivity contribution >= 4 is 16.7 Å². The molecule has 0 spiro atoms. The average Bonchev–Trinajstić information content (AvgIpc) is 2.89. The Morgan fingerprint density at radius 3 is 2.26 bits per heavy atom. The first-order chi connectivity index (χ1) is 10.8. The lowest BCUT2D eigenvalue weighted by atomic mass is 9.98. The summed E-state index contributed by atoms with van der Waals surface area (Å²) >= 11 is 0.